The first kappa shape index (κ1) is 15.8. The zero-order chi connectivity index (χ0) is 14.4. The minimum Gasteiger partial charge on any atom is -0.399 e. The summed E-state index contributed by atoms with van der Waals surface area (Å²) in [5, 5.41) is 0. The fourth-order valence-corrected chi connectivity index (χ4v) is 1.98. The van der Waals surface area contributed by atoms with Crippen molar-refractivity contribution < 1.29 is 4.39 Å². The summed E-state index contributed by atoms with van der Waals surface area (Å²) < 4.78 is 13.5. The molecule has 0 saturated heterocycles. The van der Waals surface area contributed by atoms with Crippen LogP contribution < -0.4 is 10.6 Å². The van der Waals surface area contributed by atoms with E-state index < -0.39 is 0 Å². The Balaban J connectivity index is 2.80. The van der Waals surface area contributed by atoms with Gasteiger partial charge in [-0.2, -0.15) is 0 Å². The predicted molar refractivity (Wildman–Crippen MR) is 81.9 cm³/mol. The van der Waals surface area contributed by atoms with E-state index in [1.165, 1.54) is 6.07 Å². The molecule has 0 spiro atoms. The van der Waals surface area contributed by atoms with E-state index in [-0.39, 0.29) is 5.82 Å². The lowest BCUT2D eigenvalue weighted by Gasteiger charge is -2.27. The molecule has 2 N–H and O–H groups in total. The highest BCUT2D eigenvalue weighted by molar-refractivity contribution is 5.56. The topological polar surface area (TPSA) is 29.3 Å². The van der Waals surface area contributed by atoms with Crippen LogP contribution in [0.2, 0.25) is 0 Å². The Kier molecular flexibility index (Phi) is 6.13. The summed E-state index contributed by atoms with van der Waals surface area (Å²) in [6.45, 7) is 10.7. The molecular formula is C16H27FN2. The quantitative estimate of drug-likeness (QED) is 0.745. The van der Waals surface area contributed by atoms with Crippen LogP contribution in [-0.4, -0.2) is 13.1 Å². The number of anilines is 2. The number of benzene rings is 1. The smallest absolute Gasteiger partial charge is 0.127 e. The SMILES string of the molecule is CC(C)CCN(CCC(C)C)c1cc(N)cc(F)c1. The second-order valence-electron chi connectivity index (χ2n) is 6.09. The minimum atomic E-state index is -0.255. The van der Waals surface area contributed by atoms with E-state index in [1.807, 2.05) is 6.07 Å². The molecule has 1 rings (SSSR count). The van der Waals surface area contributed by atoms with Crippen LogP contribution in [0.25, 0.3) is 0 Å². The van der Waals surface area contributed by atoms with E-state index in [4.69, 9.17) is 5.73 Å². The van der Waals surface area contributed by atoms with Crippen molar-refractivity contribution in [1.82, 2.24) is 0 Å². The standard InChI is InChI=1S/C16H27FN2/c1-12(2)5-7-19(8-6-13(3)4)16-10-14(17)9-15(18)11-16/h9-13H,5-8,18H2,1-4H3. The molecule has 0 heterocycles. The average Bonchev–Trinajstić information content (AvgIpc) is 2.26. The minimum absolute atomic E-state index is 0.255. The van der Waals surface area contributed by atoms with Crippen molar-refractivity contribution in [2.45, 2.75) is 40.5 Å². The first-order valence-corrected chi connectivity index (χ1v) is 7.19. The lowest BCUT2D eigenvalue weighted by molar-refractivity contribution is 0.534. The summed E-state index contributed by atoms with van der Waals surface area (Å²) in [6.07, 6.45) is 2.21. The first-order valence-electron chi connectivity index (χ1n) is 7.19. The van der Waals surface area contributed by atoms with Crippen LogP contribution >= 0.6 is 0 Å². The lowest BCUT2D eigenvalue weighted by atomic mass is 10.1. The Morgan fingerprint density at radius 1 is 1.00 bits per heavy atom. The Morgan fingerprint density at radius 3 is 1.95 bits per heavy atom. The number of nitrogens with two attached hydrogens (primary N) is 1. The molecular weight excluding hydrogens is 239 g/mol. The van der Waals surface area contributed by atoms with Gasteiger partial charge >= 0.3 is 0 Å². The van der Waals surface area contributed by atoms with Crippen molar-refractivity contribution >= 4 is 11.4 Å². The van der Waals surface area contributed by atoms with Gasteiger partial charge < -0.3 is 10.6 Å². The van der Waals surface area contributed by atoms with E-state index in [2.05, 4.69) is 32.6 Å². The lowest BCUT2D eigenvalue weighted by Crippen LogP contribution is -2.27. The van der Waals surface area contributed by atoms with Crippen LogP contribution in [-0.2, 0) is 0 Å². The normalized spacial score (nSPS) is 11.3. The Labute approximate surface area is 116 Å². The highest BCUT2D eigenvalue weighted by Gasteiger charge is 2.10. The van der Waals surface area contributed by atoms with Gasteiger partial charge in [-0.1, -0.05) is 27.7 Å². The molecule has 0 unspecified atom stereocenters. The van der Waals surface area contributed by atoms with Gasteiger partial charge in [0.2, 0.25) is 0 Å². The molecule has 0 aromatic heterocycles. The van der Waals surface area contributed by atoms with Crippen molar-refractivity contribution in [3.8, 4) is 0 Å². The molecule has 108 valence electrons. The number of nitrogens with zero attached hydrogens (tertiary/aromatic N) is 1. The van der Waals surface area contributed by atoms with Gasteiger partial charge in [0.15, 0.2) is 0 Å². The van der Waals surface area contributed by atoms with Crippen molar-refractivity contribution in [2.75, 3.05) is 23.7 Å². The van der Waals surface area contributed by atoms with Gasteiger partial charge in [0, 0.05) is 24.5 Å². The van der Waals surface area contributed by atoms with E-state index in [0.717, 1.165) is 31.6 Å². The summed E-state index contributed by atoms with van der Waals surface area (Å²) in [4.78, 5) is 2.25. The third-order valence-corrected chi connectivity index (χ3v) is 3.22. The number of nitrogen functional groups attached to an aromatic ring is 1. The summed E-state index contributed by atoms with van der Waals surface area (Å²) in [5.74, 6) is 1.04. The number of hydrogen-bond acceptors (Lipinski definition) is 2. The van der Waals surface area contributed by atoms with Gasteiger partial charge in [-0.15, -0.1) is 0 Å². The maximum atomic E-state index is 13.5. The van der Waals surface area contributed by atoms with Crippen LogP contribution in [0.15, 0.2) is 18.2 Å². The van der Waals surface area contributed by atoms with Gasteiger partial charge in [0.1, 0.15) is 5.82 Å². The Bertz CT molecular complexity index is 356. The zero-order valence-corrected chi connectivity index (χ0v) is 12.6. The molecule has 0 aliphatic rings. The van der Waals surface area contributed by atoms with E-state index >= 15 is 0 Å². The third kappa shape index (κ3) is 5.95. The summed E-state index contributed by atoms with van der Waals surface area (Å²) >= 11 is 0. The molecule has 0 amide bonds. The first-order chi connectivity index (χ1) is 8.88. The Morgan fingerprint density at radius 2 is 1.53 bits per heavy atom. The molecule has 1 aromatic rings. The second kappa shape index (κ2) is 7.37. The molecule has 0 radical (unpaired) electrons. The second-order valence-corrected chi connectivity index (χ2v) is 6.09. The monoisotopic (exact) mass is 266 g/mol. The highest BCUT2D eigenvalue weighted by Crippen LogP contribution is 2.22. The number of rotatable bonds is 7. The molecule has 19 heavy (non-hydrogen) atoms. The number of hydrogen-bond donors (Lipinski definition) is 1. The summed E-state index contributed by atoms with van der Waals surface area (Å²) in [5.41, 5.74) is 7.14. The van der Waals surface area contributed by atoms with Crippen LogP contribution in [0.4, 0.5) is 15.8 Å². The van der Waals surface area contributed by atoms with Crippen molar-refractivity contribution in [1.29, 1.82) is 0 Å². The average molecular weight is 266 g/mol. The molecule has 0 aliphatic heterocycles. The predicted octanol–water partition coefficient (Wildman–Crippen LogP) is 4.31. The van der Waals surface area contributed by atoms with Crippen LogP contribution in [0, 0.1) is 17.7 Å². The van der Waals surface area contributed by atoms with Crippen LogP contribution in [0.3, 0.4) is 0 Å². The van der Waals surface area contributed by atoms with Gasteiger partial charge in [-0.25, -0.2) is 4.39 Å². The molecule has 1 aromatic carbocycles. The molecule has 3 heteroatoms. The molecule has 0 bridgehead atoms. The number of halogens is 1. The maximum absolute atomic E-state index is 13.5. The van der Waals surface area contributed by atoms with Crippen molar-refractivity contribution in [3.05, 3.63) is 24.0 Å². The van der Waals surface area contributed by atoms with E-state index in [1.54, 1.807) is 6.07 Å². The molecule has 0 saturated carbocycles. The maximum Gasteiger partial charge on any atom is 0.127 e. The van der Waals surface area contributed by atoms with Crippen LogP contribution in [0.1, 0.15) is 40.5 Å². The van der Waals surface area contributed by atoms with Gasteiger partial charge in [-0.05, 0) is 42.9 Å². The van der Waals surface area contributed by atoms with Crippen LogP contribution in [0.5, 0.6) is 0 Å². The third-order valence-electron chi connectivity index (χ3n) is 3.22. The fourth-order valence-electron chi connectivity index (χ4n) is 1.98. The zero-order valence-electron chi connectivity index (χ0n) is 12.6. The van der Waals surface area contributed by atoms with E-state index in [9.17, 15) is 4.39 Å². The molecule has 0 aliphatic carbocycles. The van der Waals surface area contributed by atoms with Crippen molar-refractivity contribution in [2.24, 2.45) is 11.8 Å². The van der Waals surface area contributed by atoms with Crippen molar-refractivity contribution in [3.63, 3.8) is 0 Å². The van der Waals surface area contributed by atoms with Gasteiger partial charge in [0.05, 0.1) is 0 Å². The summed E-state index contributed by atoms with van der Waals surface area (Å²) in [6, 6.07) is 4.81. The largest absolute Gasteiger partial charge is 0.399 e. The molecule has 0 atom stereocenters. The summed E-state index contributed by atoms with van der Waals surface area (Å²) in [7, 11) is 0. The van der Waals surface area contributed by atoms with Gasteiger partial charge in [-0.3, -0.25) is 0 Å². The molecule has 2 nitrogen and oxygen atoms in total. The van der Waals surface area contributed by atoms with Gasteiger partial charge in [0.25, 0.3) is 0 Å². The molecule has 0 fully saturated rings. The highest BCUT2D eigenvalue weighted by atomic mass is 19.1. The van der Waals surface area contributed by atoms with E-state index in [0.29, 0.717) is 17.5 Å². The fraction of sp³-hybridized carbons (Fsp3) is 0.625. The Hall–Kier alpha value is -1.25.